The predicted octanol–water partition coefficient (Wildman–Crippen LogP) is 4.13. The highest BCUT2D eigenvalue weighted by Crippen LogP contribution is 2.25. The lowest BCUT2D eigenvalue weighted by Crippen LogP contribution is -2.20. The van der Waals surface area contributed by atoms with Crippen molar-refractivity contribution in [2.75, 3.05) is 11.9 Å². The number of halogens is 4. The Labute approximate surface area is 145 Å². The molecule has 5 nitrogen and oxygen atoms in total. The highest BCUT2D eigenvalue weighted by molar-refractivity contribution is 6.32. The maximum Gasteiger partial charge on any atom is 0.422 e. The van der Waals surface area contributed by atoms with E-state index in [9.17, 15) is 22.8 Å². The number of pyridine rings is 1. The number of aromatic nitrogens is 1. The van der Waals surface area contributed by atoms with Gasteiger partial charge in [-0.3, -0.25) is 9.59 Å². The van der Waals surface area contributed by atoms with Crippen molar-refractivity contribution in [3.63, 3.8) is 0 Å². The molecule has 0 aliphatic rings. The molecule has 0 aliphatic carbocycles. The summed E-state index contributed by atoms with van der Waals surface area (Å²) in [4.78, 5) is 27.1. The van der Waals surface area contributed by atoms with Crippen LogP contribution in [0.25, 0.3) is 0 Å². The Morgan fingerprint density at radius 2 is 1.96 bits per heavy atom. The molecule has 0 radical (unpaired) electrons. The zero-order valence-corrected chi connectivity index (χ0v) is 13.6. The van der Waals surface area contributed by atoms with Gasteiger partial charge in [0.15, 0.2) is 12.4 Å². The van der Waals surface area contributed by atoms with Gasteiger partial charge in [0, 0.05) is 17.4 Å². The second kappa shape index (κ2) is 7.52. The number of carbonyl (C=O) groups excluding carboxylic acids is 2. The molecule has 0 saturated carbocycles. The Kier molecular flexibility index (Phi) is 5.63. The number of nitrogens with zero attached hydrogens (tertiary/aromatic N) is 1. The van der Waals surface area contributed by atoms with Gasteiger partial charge in [-0.05, 0) is 25.1 Å². The van der Waals surface area contributed by atoms with Crippen LogP contribution in [-0.2, 0) is 0 Å². The molecule has 132 valence electrons. The van der Waals surface area contributed by atoms with Crippen molar-refractivity contribution in [1.29, 1.82) is 0 Å². The number of hydrogen-bond donors (Lipinski definition) is 1. The van der Waals surface area contributed by atoms with Crippen molar-refractivity contribution >= 4 is 29.0 Å². The Bertz CT molecular complexity index is 809. The van der Waals surface area contributed by atoms with Crippen molar-refractivity contribution < 1.29 is 27.5 Å². The van der Waals surface area contributed by atoms with E-state index in [0.717, 1.165) is 12.3 Å². The van der Waals surface area contributed by atoms with Crippen molar-refractivity contribution in [2.24, 2.45) is 0 Å². The third-order valence-corrected chi connectivity index (χ3v) is 3.24. The maximum atomic E-state index is 12.2. The second-order valence-corrected chi connectivity index (χ2v) is 5.41. The van der Waals surface area contributed by atoms with Gasteiger partial charge in [-0.15, -0.1) is 0 Å². The number of ketones is 1. The first kappa shape index (κ1) is 18.7. The molecule has 0 spiro atoms. The van der Waals surface area contributed by atoms with Crippen molar-refractivity contribution in [3.8, 4) is 5.88 Å². The molecule has 0 aliphatic heterocycles. The van der Waals surface area contributed by atoms with E-state index in [0.29, 0.717) is 11.3 Å². The normalized spacial score (nSPS) is 11.1. The molecule has 25 heavy (non-hydrogen) atoms. The number of rotatable bonds is 5. The van der Waals surface area contributed by atoms with Crippen LogP contribution in [0.1, 0.15) is 27.6 Å². The van der Waals surface area contributed by atoms with Gasteiger partial charge < -0.3 is 10.1 Å². The topological polar surface area (TPSA) is 68.3 Å². The van der Waals surface area contributed by atoms with E-state index in [4.69, 9.17) is 11.6 Å². The van der Waals surface area contributed by atoms with Crippen LogP contribution in [0, 0.1) is 0 Å². The minimum Gasteiger partial charge on any atom is -0.467 e. The smallest absolute Gasteiger partial charge is 0.422 e. The number of alkyl halides is 3. The number of carbonyl (C=O) groups is 2. The van der Waals surface area contributed by atoms with E-state index < -0.39 is 24.6 Å². The zero-order chi connectivity index (χ0) is 18.6. The van der Waals surface area contributed by atoms with Crippen LogP contribution >= 0.6 is 11.6 Å². The van der Waals surface area contributed by atoms with E-state index in [1.165, 1.54) is 13.0 Å². The van der Waals surface area contributed by atoms with Gasteiger partial charge in [0.2, 0.25) is 5.88 Å². The van der Waals surface area contributed by atoms with Gasteiger partial charge in [0.05, 0.1) is 5.56 Å². The fourth-order valence-electron chi connectivity index (χ4n) is 1.83. The van der Waals surface area contributed by atoms with Gasteiger partial charge >= 0.3 is 6.18 Å². The number of benzene rings is 1. The Morgan fingerprint density at radius 1 is 1.24 bits per heavy atom. The third-order valence-electron chi connectivity index (χ3n) is 2.97. The quantitative estimate of drug-likeness (QED) is 0.801. The molecule has 0 atom stereocenters. The predicted molar refractivity (Wildman–Crippen MR) is 85.2 cm³/mol. The lowest BCUT2D eigenvalue weighted by atomic mass is 10.1. The highest BCUT2D eigenvalue weighted by Gasteiger charge is 2.29. The summed E-state index contributed by atoms with van der Waals surface area (Å²) in [6, 6.07) is 7.43. The van der Waals surface area contributed by atoms with E-state index in [1.807, 2.05) is 0 Å². The highest BCUT2D eigenvalue weighted by atomic mass is 35.5. The standard InChI is InChI=1S/C16H12ClF3N2O3/c1-9(23)10-3-2-4-12(5-10)22-14(24)11-6-13(17)15(21-7-11)25-8-16(18,19)20/h2-7H,8H2,1H3,(H,22,24). The minimum absolute atomic E-state index is 0.0255. The van der Waals surface area contributed by atoms with Crippen molar-refractivity contribution in [3.05, 3.63) is 52.7 Å². The third kappa shape index (κ3) is 5.46. The number of hydrogen-bond acceptors (Lipinski definition) is 4. The van der Waals surface area contributed by atoms with Crippen LogP contribution in [0.3, 0.4) is 0 Å². The van der Waals surface area contributed by atoms with Crippen LogP contribution in [0.5, 0.6) is 5.88 Å². The van der Waals surface area contributed by atoms with Crippen molar-refractivity contribution in [1.82, 2.24) is 4.98 Å². The van der Waals surface area contributed by atoms with Gasteiger partial charge in [-0.1, -0.05) is 23.7 Å². The summed E-state index contributed by atoms with van der Waals surface area (Å²) in [5.41, 5.74) is 0.827. The zero-order valence-electron chi connectivity index (χ0n) is 12.9. The first-order valence-electron chi connectivity index (χ1n) is 6.93. The molecule has 2 rings (SSSR count). The Hall–Kier alpha value is -2.61. The molecule has 1 amide bonds. The fourth-order valence-corrected chi connectivity index (χ4v) is 2.05. The summed E-state index contributed by atoms with van der Waals surface area (Å²) in [6.07, 6.45) is -3.48. The second-order valence-electron chi connectivity index (χ2n) is 5.01. The number of ether oxygens (including phenoxy) is 1. The number of nitrogens with one attached hydrogen (secondary N) is 1. The molecule has 9 heteroatoms. The lowest BCUT2D eigenvalue weighted by Gasteiger charge is -2.10. The van der Waals surface area contributed by atoms with E-state index in [2.05, 4.69) is 15.0 Å². The van der Waals surface area contributed by atoms with E-state index >= 15 is 0 Å². The molecule has 0 fully saturated rings. The van der Waals surface area contributed by atoms with Crippen LogP contribution < -0.4 is 10.1 Å². The summed E-state index contributed by atoms with van der Waals surface area (Å²) in [7, 11) is 0. The number of anilines is 1. The van der Waals surface area contributed by atoms with Crippen LogP contribution in [0.15, 0.2) is 36.5 Å². The lowest BCUT2D eigenvalue weighted by molar-refractivity contribution is -0.154. The molecule has 1 N–H and O–H groups in total. The first-order chi connectivity index (χ1) is 11.7. The number of Topliss-reactive ketones (excluding diaryl/α,β-unsaturated/α-hetero) is 1. The van der Waals surface area contributed by atoms with Gasteiger partial charge in [-0.2, -0.15) is 13.2 Å². The van der Waals surface area contributed by atoms with Gasteiger partial charge in [0.25, 0.3) is 5.91 Å². The summed E-state index contributed by atoms with van der Waals surface area (Å²) in [5.74, 6) is -1.17. The molecule has 0 unspecified atom stereocenters. The molecule has 1 heterocycles. The van der Waals surface area contributed by atoms with Crippen molar-refractivity contribution in [2.45, 2.75) is 13.1 Å². The summed E-state index contributed by atoms with van der Waals surface area (Å²) in [6.45, 7) is -0.145. The van der Waals surface area contributed by atoms with E-state index in [1.54, 1.807) is 18.2 Å². The minimum atomic E-state index is -4.53. The Balaban J connectivity index is 2.11. The van der Waals surface area contributed by atoms with Crippen LogP contribution in [-0.4, -0.2) is 29.5 Å². The molecule has 2 aromatic rings. The Morgan fingerprint density at radius 3 is 2.56 bits per heavy atom. The first-order valence-corrected chi connectivity index (χ1v) is 7.31. The fraction of sp³-hybridized carbons (Fsp3) is 0.188. The molecule has 0 saturated heterocycles. The van der Waals surface area contributed by atoms with Crippen LogP contribution in [0.4, 0.5) is 18.9 Å². The van der Waals surface area contributed by atoms with Crippen LogP contribution in [0.2, 0.25) is 5.02 Å². The SMILES string of the molecule is CC(=O)c1cccc(NC(=O)c2cnc(OCC(F)(F)F)c(Cl)c2)c1. The molecular formula is C16H12ClF3N2O3. The summed E-state index contributed by atoms with van der Waals surface area (Å²) >= 11 is 5.79. The van der Waals surface area contributed by atoms with E-state index in [-0.39, 0.29) is 16.4 Å². The average Bonchev–Trinajstić information content (AvgIpc) is 2.53. The molecular weight excluding hydrogens is 361 g/mol. The molecule has 1 aromatic carbocycles. The largest absolute Gasteiger partial charge is 0.467 e. The summed E-state index contributed by atoms with van der Waals surface area (Å²) < 4.78 is 40.8. The maximum absolute atomic E-state index is 12.2. The molecule has 0 bridgehead atoms. The van der Waals surface area contributed by atoms with Gasteiger partial charge in [-0.25, -0.2) is 4.98 Å². The number of amides is 1. The molecule has 1 aromatic heterocycles. The summed E-state index contributed by atoms with van der Waals surface area (Å²) in [5, 5.41) is 2.32. The average molecular weight is 373 g/mol. The van der Waals surface area contributed by atoms with Gasteiger partial charge in [0.1, 0.15) is 5.02 Å². The monoisotopic (exact) mass is 372 g/mol.